The number of aliphatic hydroxyl groups is 1. The van der Waals surface area contributed by atoms with Gasteiger partial charge in [0.05, 0.1) is 5.69 Å². The molecule has 30 heavy (non-hydrogen) atoms. The molecule has 11 nitrogen and oxygen atoms in total. The quantitative estimate of drug-likeness (QED) is 0.529. The van der Waals surface area contributed by atoms with Crippen molar-refractivity contribution in [1.82, 2.24) is 14.6 Å². The second-order valence-electron chi connectivity index (χ2n) is 7.84. The first-order valence-corrected chi connectivity index (χ1v) is 9.60. The van der Waals surface area contributed by atoms with E-state index in [2.05, 4.69) is 10.1 Å². The summed E-state index contributed by atoms with van der Waals surface area (Å²) >= 11 is 0. The van der Waals surface area contributed by atoms with Crippen molar-refractivity contribution in [2.45, 2.75) is 57.6 Å². The van der Waals surface area contributed by atoms with Crippen LogP contribution in [-0.2, 0) is 29.4 Å². The third-order valence-electron chi connectivity index (χ3n) is 5.32. The van der Waals surface area contributed by atoms with E-state index in [1.54, 1.807) is 32.9 Å². The van der Waals surface area contributed by atoms with Crippen molar-refractivity contribution in [3.8, 4) is 0 Å². The van der Waals surface area contributed by atoms with Crippen LogP contribution in [0, 0.1) is 5.92 Å². The molecule has 5 atom stereocenters. The van der Waals surface area contributed by atoms with Crippen molar-refractivity contribution in [3.63, 3.8) is 0 Å². The van der Waals surface area contributed by atoms with E-state index in [0.717, 1.165) is 0 Å². The molecular formula is C19H27N5O6. The standard InChI is InChI=1S/C19H27N5O6/c1-9(2)14(20)18(27)29-15-12(7-28-10(3)25)30-19(4,16(15)26)13-6-5-11-17(21)22-8-23-24(11)13/h5-6,8-9,12,14-16,26H,7,20H2,1-4H3,(H2,21,22,23)/t12-,14+,15-,16-,19+/m1/s1. The van der Waals surface area contributed by atoms with Gasteiger partial charge >= 0.3 is 11.9 Å². The summed E-state index contributed by atoms with van der Waals surface area (Å²) < 4.78 is 18.2. The van der Waals surface area contributed by atoms with Crippen LogP contribution in [0.15, 0.2) is 18.5 Å². The predicted molar refractivity (Wildman–Crippen MR) is 105 cm³/mol. The SMILES string of the molecule is CC(=O)OC[C@H]1O[C@@](C)(c2ccc3c(N)ncnn23)[C@H](O)[C@@H]1OC(=O)[C@@H](N)C(C)C. The molecule has 1 fully saturated rings. The lowest BCUT2D eigenvalue weighted by Gasteiger charge is -2.28. The molecule has 0 spiro atoms. The number of hydrogen-bond acceptors (Lipinski definition) is 10. The Morgan fingerprint density at radius 3 is 2.73 bits per heavy atom. The summed E-state index contributed by atoms with van der Waals surface area (Å²) in [7, 11) is 0. The first-order chi connectivity index (χ1) is 14.1. The van der Waals surface area contributed by atoms with Gasteiger partial charge in [0.25, 0.3) is 0 Å². The molecule has 2 aromatic heterocycles. The Kier molecular flexibility index (Phi) is 5.97. The number of hydrogen-bond donors (Lipinski definition) is 3. The van der Waals surface area contributed by atoms with Gasteiger partial charge in [0.15, 0.2) is 11.9 Å². The highest BCUT2D eigenvalue weighted by Crippen LogP contribution is 2.41. The second kappa shape index (κ2) is 8.17. The largest absolute Gasteiger partial charge is 0.463 e. The molecule has 0 saturated carbocycles. The van der Waals surface area contributed by atoms with Crippen LogP contribution in [0.1, 0.15) is 33.4 Å². The van der Waals surface area contributed by atoms with E-state index < -0.39 is 41.9 Å². The molecule has 1 aliphatic heterocycles. The van der Waals surface area contributed by atoms with E-state index in [1.807, 2.05) is 0 Å². The predicted octanol–water partition coefficient (Wildman–Crippen LogP) is -0.255. The minimum Gasteiger partial charge on any atom is -0.463 e. The Morgan fingerprint density at radius 2 is 2.10 bits per heavy atom. The minimum atomic E-state index is -1.34. The zero-order valence-electron chi connectivity index (χ0n) is 17.3. The second-order valence-corrected chi connectivity index (χ2v) is 7.84. The zero-order chi connectivity index (χ0) is 22.2. The molecule has 0 bridgehead atoms. The van der Waals surface area contributed by atoms with Crippen molar-refractivity contribution in [2.24, 2.45) is 11.7 Å². The number of fused-ring (bicyclic) bond motifs is 1. The van der Waals surface area contributed by atoms with Gasteiger partial charge in [0.2, 0.25) is 0 Å². The molecule has 2 aromatic rings. The molecule has 0 aromatic carbocycles. The van der Waals surface area contributed by atoms with Gasteiger partial charge in [-0.3, -0.25) is 9.59 Å². The van der Waals surface area contributed by atoms with Crippen molar-refractivity contribution >= 4 is 23.3 Å². The van der Waals surface area contributed by atoms with Crippen LogP contribution in [0.2, 0.25) is 0 Å². The highest BCUT2D eigenvalue weighted by molar-refractivity contribution is 5.76. The fourth-order valence-corrected chi connectivity index (χ4v) is 3.46. The van der Waals surface area contributed by atoms with Crippen molar-refractivity contribution in [1.29, 1.82) is 0 Å². The van der Waals surface area contributed by atoms with Crippen LogP contribution in [0.5, 0.6) is 0 Å². The average Bonchev–Trinajstić information content (AvgIpc) is 3.22. The number of nitrogens with two attached hydrogens (primary N) is 2. The maximum Gasteiger partial charge on any atom is 0.323 e. The Bertz CT molecular complexity index is 947. The smallest absolute Gasteiger partial charge is 0.323 e. The molecule has 3 rings (SSSR count). The number of carbonyl (C=O) groups is 2. The van der Waals surface area contributed by atoms with E-state index in [0.29, 0.717) is 11.2 Å². The average molecular weight is 421 g/mol. The Hall–Kier alpha value is -2.76. The van der Waals surface area contributed by atoms with E-state index in [4.69, 9.17) is 25.7 Å². The van der Waals surface area contributed by atoms with Gasteiger partial charge in [0.1, 0.15) is 42.3 Å². The molecule has 11 heteroatoms. The molecule has 0 unspecified atom stereocenters. The molecule has 0 radical (unpaired) electrons. The summed E-state index contributed by atoms with van der Waals surface area (Å²) in [6.07, 6.45) is -2.04. The lowest BCUT2D eigenvalue weighted by molar-refractivity contribution is -0.161. The van der Waals surface area contributed by atoms with Crippen molar-refractivity contribution in [3.05, 3.63) is 24.2 Å². The van der Waals surface area contributed by atoms with Gasteiger partial charge in [-0.15, -0.1) is 0 Å². The van der Waals surface area contributed by atoms with Crippen LogP contribution in [0.25, 0.3) is 5.52 Å². The van der Waals surface area contributed by atoms with Crippen LogP contribution in [-0.4, -0.2) is 62.6 Å². The van der Waals surface area contributed by atoms with Crippen LogP contribution in [0.4, 0.5) is 5.82 Å². The number of aromatic nitrogens is 3. The molecule has 1 aliphatic rings. The molecule has 0 aliphatic carbocycles. The minimum absolute atomic E-state index is 0.162. The first-order valence-electron chi connectivity index (χ1n) is 9.60. The first kappa shape index (κ1) is 21.9. The molecular weight excluding hydrogens is 394 g/mol. The summed E-state index contributed by atoms with van der Waals surface area (Å²) in [5.41, 5.74) is 11.4. The summed E-state index contributed by atoms with van der Waals surface area (Å²) in [6, 6.07) is 2.51. The van der Waals surface area contributed by atoms with E-state index in [-0.39, 0.29) is 18.3 Å². The number of carbonyl (C=O) groups excluding carboxylic acids is 2. The van der Waals surface area contributed by atoms with Gasteiger partial charge in [-0.05, 0) is 25.0 Å². The number of ether oxygens (including phenoxy) is 3. The summed E-state index contributed by atoms with van der Waals surface area (Å²) in [5, 5.41) is 15.3. The summed E-state index contributed by atoms with van der Waals surface area (Å²) in [5.74, 6) is -1.11. The van der Waals surface area contributed by atoms with E-state index in [1.165, 1.54) is 17.8 Å². The van der Waals surface area contributed by atoms with Crippen molar-refractivity contribution < 1.29 is 28.9 Å². The van der Waals surface area contributed by atoms with E-state index in [9.17, 15) is 14.7 Å². The van der Waals surface area contributed by atoms with Gasteiger partial charge in [-0.25, -0.2) is 9.50 Å². The topological polar surface area (TPSA) is 164 Å². The van der Waals surface area contributed by atoms with Gasteiger partial charge in [0, 0.05) is 6.92 Å². The van der Waals surface area contributed by atoms with Gasteiger partial charge < -0.3 is 30.8 Å². The monoisotopic (exact) mass is 421 g/mol. The number of esters is 2. The number of nitrogens with zero attached hydrogens (tertiary/aromatic N) is 3. The third kappa shape index (κ3) is 3.83. The lowest BCUT2D eigenvalue weighted by atomic mass is 9.93. The Labute approximate surface area is 173 Å². The maximum absolute atomic E-state index is 12.5. The molecule has 0 amide bonds. The lowest BCUT2D eigenvalue weighted by Crippen LogP contribution is -2.46. The highest BCUT2D eigenvalue weighted by atomic mass is 16.6. The number of aliphatic hydroxyl groups excluding tert-OH is 1. The molecule has 164 valence electrons. The highest BCUT2D eigenvalue weighted by Gasteiger charge is 2.56. The van der Waals surface area contributed by atoms with Crippen LogP contribution in [0.3, 0.4) is 0 Å². The number of nitrogen functional groups attached to an aromatic ring is 1. The van der Waals surface area contributed by atoms with Gasteiger partial charge in [-0.2, -0.15) is 5.10 Å². The maximum atomic E-state index is 12.5. The molecule has 1 saturated heterocycles. The Morgan fingerprint density at radius 1 is 1.40 bits per heavy atom. The van der Waals surface area contributed by atoms with Gasteiger partial charge in [-0.1, -0.05) is 13.8 Å². The summed E-state index contributed by atoms with van der Waals surface area (Å²) in [6.45, 7) is 6.24. The Balaban J connectivity index is 1.96. The number of anilines is 1. The normalized spacial score (nSPS) is 27.4. The third-order valence-corrected chi connectivity index (χ3v) is 5.32. The molecule has 3 heterocycles. The fourth-order valence-electron chi connectivity index (χ4n) is 3.46. The van der Waals surface area contributed by atoms with E-state index >= 15 is 0 Å². The zero-order valence-corrected chi connectivity index (χ0v) is 17.3. The van der Waals surface area contributed by atoms with Crippen LogP contribution < -0.4 is 11.5 Å². The number of rotatable bonds is 6. The fraction of sp³-hybridized carbons (Fsp3) is 0.579. The van der Waals surface area contributed by atoms with Crippen molar-refractivity contribution in [2.75, 3.05) is 12.3 Å². The summed E-state index contributed by atoms with van der Waals surface area (Å²) in [4.78, 5) is 27.7. The molecule has 5 N–H and O–H groups in total. The van der Waals surface area contributed by atoms with Crippen LogP contribution >= 0.6 is 0 Å².